The zero-order chi connectivity index (χ0) is 15.5. The summed E-state index contributed by atoms with van der Waals surface area (Å²) in [6, 6.07) is 17.5. The second kappa shape index (κ2) is 9.59. The maximum absolute atomic E-state index is 10.5. The Balaban J connectivity index is 0.00000106. The molecule has 0 spiro atoms. The van der Waals surface area contributed by atoms with Crippen LogP contribution in [0.5, 0.6) is 5.75 Å². The van der Waals surface area contributed by atoms with Crippen LogP contribution in [0.4, 0.5) is 0 Å². The fraction of sp³-hybridized carbons (Fsp3) is 0.278. The molecule has 0 saturated carbocycles. The number of hydrogen-bond acceptors (Lipinski definition) is 2. The van der Waals surface area contributed by atoms with Gasteiger partial charge in [-0.3, -0.25) is 4.79 Å². The summed E-state index contributed by atoms with van der Waals surface area (Å²) >= 11 is 0. The summed E-state index contributed by atoms with van der Waals surface area (Å²) < 4.78 is 5.66. The van der Waals surface area contributed by atoms with E-state index in [9.17, 15) is 4.79 Å². The molecule has 2 rings (SSSR count). The summed E-state index contributed by atoms with van der Waals surface area (Å²) in [5.41, 5.74) is 2.13. The summed E-state index contributed by atoms with van der Waals surface area (Å²) in [4.78, 5) is 10.5. The Morgan fingerprint density at radius 3 is 2.14 bits per heavy atom. The number of rotatable bonds is 6. The van der Waals surface area contributed by atoms with Crippen LogP contribution in [0.3, 0.4) is 0 Å². The van der Waals surface area contributed by atoms with E-state index in [0.29, 0.717) is 13.0 Å². The summed E-state index contributed by atoms with van der Waals surface area (Å²) in [6.45, 7) is 4.54. The van der Waals surface area contributed by atoms with Gasteiger partial charge in [-0.25, -0.2) is 0 Å². The van der Waals surface area contributed by atoms with Crippen LogP contribution >= 0.6 is 0 Å². The van der Waals surface area contributed by atoms with E-state index in [-0.39, 0.29) is 6.42 Å². The van der Waals surface area contributed by atoms with Crippen LogP contribution in [0, 0.1) is 0 Å². The van der Waals surface area contributed by atoms with Crippen LogP contribution in [-0.2, 0) is 17.8 Å². The van der Waals surface area contributed by atoms with Crippen molar-refractivity contribution in [1.82, 2.24) is 0 Å². The Hall–Kier alpha value is -2.29. The van der Waals surface area contributed by atoms with E-state index in [1.807, 2.05) is 68.4 Å². The zero-order valence-electron chi connectivity index (χ0n) is 12.6. The van der Waals surface area contributed by atoms with E-state index < -0.39 is 5.97 Å². The highest BCUT2D eigenvalue weighted by atomic mass is 16.5. The molecule has 0 aromatic heterocycles. The molecule has 0 unspecified atom stereocenters. The monoisotopic (exact) mass is 286 g/mol. The van der Waals surface area contributed by atoms with Crippen molar-refractivity contribution in [3.8, 4) is 5.75 Å². The fourth-order valence-corrected chi connectivity index (χ4v) is 1.74. The lowest BCUT2D eigenvalue weighted by atomic mass is 10.1. The highest BCUT2D eigenvalue weighted by Gasteiger charge is 2.00. The molecule has 1 N–H and O–H groups in total. The first-order chi connectivity index (χ1) is 10.2. The Morgan fingerprint density at radius 2 is 1.57 bits per heavy atom. The van der Waals surface area contributed by atoms with Crippen molar-refractivity contribution in [2.75, 3.05) is 0 Å². The topological polar surface area (TPSA) is 46.5 Å². The van der Waals surface area contributed by atoms with Gasteiger partial charge >= 0.3 is 5.97 Å². The Kier molecular flexibility index (Phi) is 7.65. The molecule has 0 aliphatic carbocycles. The van der Waals surface area contributed by atoms with E-state index in [1.165, 1.54) is 0 Å². The van der Waals surface area contributed by atoms with Crippen molar-refractivity contribution in [2.45, 2.75) is 33.3 Å². The van der Waals surface area contributed by atoms with Gasteiger partial charge in [-0.15, -0.1) is 0 Å². The fourth-order valence-electron chi connectivity index (χ4n) is 1.74. The molecule has 112 valence electrons. The Labute approximate surface area is 126 Å². The molecule has 0 aliphatic heterocycles. The molecule has 0 aliphatic rings. The van der Waals surface area contributed by atoms with Gasteiger partial charge in [0.25, 0.3) is 0 Å². The summed E-state index contributed by atoms with van der Waals surface area (Å²) in [5, 5.41) is 8.61. The van der Waals surface area contributed by atoms with E-state index in [1.54, 1.807) is 0 Å². The van der Waals surface area contributed by atoms with E-state index in [0.717, 1.165) is 16.9 Å². The van der Waals surface area contributed by atoms with Gasteiger partial charge in [0.15, 0.2) is 0 Å². The first-order valence-corrected chi connectivity index (χ1v) is 7.21. The second-order valence-electron chi connectivity index (χ2n) is 4.31. The predicted octanol–water partition coefficient (Wildman–Crippen LogP) is 4.31. The number of carbonyl (C=O) groups is 1. The molecule has 0 heterocycles. The maximum atomic E-state index is 10.5. The van der Waals surface area contributed by atoms with E-state index in [4.69, 9.17) is 9.84 Å². The van der Waals surface area contributed by atoms with Crippen LogP contribution in [0.15, 0.2) is 54.6 Å². The average Bonchev–Trinajstić information content (AvgIpc) is 2.55. The minimum Gasteiger partial charge on any atom is -0.489 e. The minimum atomic E-state index is -0.774. The number of benzene rings is 2. The molecule has 0 atom stereocenters. The quantitative estimate of drug-likeness (QED) is 0.860. The van der Waals surface area contributed by atoms with Gasteiger partial charge in [-0.1, -0.05) is 56.3 Å². The largest absolute Gasteiger partial charge is 0.489 e. The third-order valence-corrected chi connectivity index (χ3v) is 2.80. The number of carboxylic acid groups (broad SMARTS) is 1. The summed E-state index contributed by atoms with van der Waals surface area (Å²) in [6.07, 6.45) is 0.707. The molecule has 0 radical (unpaired) electrons. The third kappa shape index (κ3) is 6.61. The standard InChI is InChI=1S/C16H16O3.C2H6/c17-16(18)11-8-13-6-9-15(10-7-13)19-12-14-4-2-1-3-5-14;1-2/h1-7,9-10H,8,11-12H2,(H,17,18);1-2H3. The smallest absolute Gasteiger partial charge is 0.303 e. The Bertz CT molecular complexity index is 518. The van der Waals surface area contributed by atoms with Gasteiger partial charge in [-0.2, -0.15) is 0 Å². The molecule has 0 fully saturated rings. The zero-order valence-corrected chi connectivity index (χ0v) is 12.6. The molecule has 0 bridgehead atoms. The van der Waals surface area contributed by atoms with Crippen molar-refractivity contribution in [1.29, 1.82) is 0 Å². The molecule has 3 heteroatoms. The summed E-state index contributed by atoms with van der Waals surface area (Å²) in [5.74, 6) is 0.0207. The first kappa shape index (κ1) is 16.8. The number of ether oxygens (including phenoxy) is 1. The highest BCUT2D eigenvalue weighted by molar-refractivity contribution is 5.67. The lowest BCUT2D eigenvalue weighted by Gasteiger charge is -2.07. The molecule has 2 aromatic rings. The van der Waals surface area contributed by atoms with Crippen molar-refractivity contribution < 1.29 is 14.6 Å². The lowest BCUT2D eigenvalue weighted by molar-refractivity contribution is -0.136. The van der Waals surface area contributed by atoms with Crippen LogP contribution in [-0.4, -0.2) is 11.1 Å². The molecule has 21 heavy (non-hydrogen) atoms. The van der Waals surface area contributed by atoms with Gasteiger partial charge in [0.2, 0.25) is 0 Å². The average molecular weight is 286 g/mol. The third-order valence-electron chi connectivity index (χ3n) is 2.80. The van der Waals surface area contributed by atoms with Gasteiger partial charge in [0.05, 0.1) is 0 Å². The van der Waals surface area contributed by atoms with Crippen LogP contribution in [0.25, 0.3) is 0 Å². The van der Waals surface area contributed by atoms with Crippen molar-refractivity contribution in [2.24, 2.45) is 0 Å². The molecule has 0 saturated heterocycles. The van der Waals surface area contributed by atoms with Crippen molar-refractivity contribution >= 4 is 5.97 Å². The molecular weight excluding hydrogens is 264 g/mol. The minimum absolute atomic E-state index is 0.157. The van der Waals surface area contributed by atoms with Gasteiger partial charge in [-0.05, 0) is 29.7 Å². The van der Waals surface area contributed by atoms with Crippen LogP contribution in [0.2, 0.25) is 0 Å². The molecular formula is C18H22O3. The predicted molar refractivity (Wildman–Crippen MR) is 84.5 cm³/mol. The van der Waals surface area contributed by atoms with E-state index in [2.05, 4.69) is 0 Å². The van der Waals surface area contributed by atoms with Crippen molar-refractivity contribution in [3.05, 3.63) is 65.7 Å². The molecule has 2 aromatic carbocycles. The number of carboxylic acids is 1. The molecule has 0 amide bonds. The normalized spacial score (nSPS) is 9.43. The second-order valence-corrected chi connectivity index (χ2v) is 4.31. The maximum Gasteiger partial charge on any atom is 0.303 e. The SMILES string of the molecule is CC.O=C(O)CCc1ccc(OCc2ccccc2)cc1. The first-order valence-electron chi connectivity index (χ1n) is 7.21. The Morgan fingerprint density at radius 1 is 0.952 bits per heavy atom. The number of aliphatic carboxylic acids is 1. The van der Waals surface area contributed by atoms with Gasteiger partial charge in [0, 0.05) is 6.42 Å². The lowest BCUT2D eigenvalue weighted by Crippen LogP contribution is -1.98. The van der Waals surface area contributed by atoms with Crippen LogP contribution < -0.4 is 4.74 Å². The van der Waals surface area contributed by atoms with Gasteiger partial charge < -0.3 is 9.84 Å². The summed E-state index contributed by atoms with van der Waals surface area (Å²) in [7, 11) is 0. The van der Waals surface area contributed by atoms with Crippen molar-refractivity contribution in [3.63, 3.8) is 0 Å². The number of hydrogen-bond donors (Lipinski definition) is 1. The van der Waals surface area contributed by atoms with E-state index >= 15 is 0 Å². The number of aryl methyl sites for hydroxylation is 1. The highest BCUT2D eigenvalue weighted by Crippen LogP contribution is 2.15. The van der Waals surface area contributed by atoms with Crippen LogP contribution in [0.1, 0.15) is 31.4 Å². The molecule has 3 nitrogen and oxygen atoms in total. The van der Waals surface area contributed by atoms with Gasteiger partial charge in [0.1, 0.15) is 12.4 Å².